The molecule has 2 aromatic rings. The molecular formula is C16H18ClNO3. The molecule has 1 heterocycles. The van der Waals surface area contributed by atoms with Crippen LogP contribution in [0, 0.1) is 0 Å². The first kappa shape index (κ1) is 15.8. The minimum absolute atomic E-state index is 0.288. The summed E-state index contributed by atoms with van der Waals surface area (Å²) in [6.45, 7) is 0.423. The average molecular weight is 308 g/mol. The van der Waals surface area contributed by atoms with Gasteiger partial charge in [0.15, 0.2) is 0 Å². The Kier molecular flexibility index (Phi) is 5.99. The van der Waals surface area contributed by atoms with Gasteiger partial charge in [0.2, 0.25) is 0 Å². The SMILES string of the molecule is OC(CCCl)C(O)c1cncc(OCc2ccccc2)c1. The van der Waals surface area contributed by atoms with Gasteiger partial charge in [0.1, 0.15) is 18.5 Å². The fourth-order valence-electron chi connectivity index (χ4n) is 1.91. The Morgan fingerprint density at radius 1 is 1.14 bits per heavy atom. The second kappa shape index (κ2) is 7.98. The summed E-state index contributed by atoms with van der Waals surface area (Å²) < 4.78 is 5.64. The second-order valence-electron chi connectivity index (χ2n) is 4.72. The van der Waals surface area contributed by atoms with Crippen LogP contribution in [0.15, 0.2) is 48.8 Å². The molecule has 0 bridgehead atoms. The highest BCUT2D eigenvalue weighted by Crippen LogP contribution is 2.22. The Balaban J connectivity index is 2.00. The highest BCUT2D eigenvalue weighted by Gasteiger charge is 2.18. The lowest BCUT2D eigenvalue weighted by atomic mass is 10.0. The molecule has 0 fully saturated rings. The largest absolute Gasteiger partial charge is 0.487 e. The third kappa shape index (κ3) is 4.70. The zero-order valence-electron chi connectivity index (χ0n) is 11.5. The smallest absolute Gasteiger partial charge is 0.138 e. The quantitative estimate of drug-likeness (QED) is 0.772. The molecule has 4 nitrogen and oxygen atoms in total. The molecule has 0 radical (unpaired) electrons. The number of benzene rings is 1. The molecule has 2 unspecified atom stereocenters. The van der Waals surface area contributed by atoms with E-state index in [-0.39, 0.29) is 5.88 Å². The van der Waals surface area contributed by atoms with E-state index in [9.17, 15) is 10.2 Å². The van der Waals surface area contributed by atoms with E-state index in [4.69, 9.17) is 16.3 Å². The number of aliphatic hydroxyl groups is 2. The van der Waals surface area contributed by atoms with Crippen LogP contribution in [0.1, 0.15) is 23.7 Å². The lowest BCUT2D eigenvalue weighted by Gasteiger charge is -2.17. The normalized spacial score (nSPS) is 13.7. The minimum atomic E-state index is -1.02. The van der Waals surface area contributed by atoms with Gasteiger partial charge in [-0.25, -0.2) is 0 Å². The van der Waals surface area contributed by atoms with Gasteiger partial charge in [0, 0.05) is 17.6 Å². The van der Waals surface area contributed by atoms with E-state index in [2.05, 4.69) is 4.98 Å². The second-order valence-corrected chi connectivity index (χ2v) is 5.10. The van der Waals surface area contributed by atoms with Gasteiger partial charge in [-0.15, -0.1) is 11.6 Å². The molecule has 0 spiro atoms. The van der Waals surface area contributed by atoms with Gasteiger partial charge in [0.25, 0.3) is 0 Å². The molecule has 1 aromatic carbocycles. The predicted molar refractivity (Wildman–Crippen MR) is 81.3 cm³/mol. The van der Waals surface area contributed by atoms with E-state index in [0.29, 0.717) is 24.3 Å². The van der Waals surface area contributed by atoms with Gasteiger partial charge in [-0.3, -0.25) is 4.98 Å². The summed E-state index contributed by atoms with van der Waals surface area (Å²) in [7, 11) is 0. The number of halogens is 1. The number of aromatic nitrogens is 1. The molecule has 0 saturated heterocycles. The van der Waals surface area contributed by atoms with Crippen LogP contribution in [-0.4, -0.2) is 27.2 Å². The number of ether oxygens (including phenoxy) is 1. The maximum atomic E-state index is 10.0. The molecule has 2 rings (SSSR count). The Bertz CT molecular complexity index is 550. The molecule has 2 atom stereocenters. The van der Waals surface area contributed by atoms with Gasteiger partial charge in [0.05, 0.1) is 12.3 Å². The molecule has 112 valence electrons. The van der Waals surface area contributed by atoms with Gasteiger partial charge in [-0.1, -0.05) is 30.3 Å². The molecule has 0 saturated carbocycles. The molecule has 2 N–H and O–H groups in total. The van der Waals surface area contributed by atoms with Crippen molar-refractivity contribution in [3.63, 3.8) is 0 Å². The topological polar surface area (TPSA) is 62.6 Å². The van der Waals surface area contributed by atoms with E-state index in [1.807, 2.05) is 30.3 Å². The van der Waals surface area contributed by atoms with Crippen molar-refractivity contribution in [2.24, 2.45) is 0 Å². The maximum Gasteiger partial charge on any atom is 0.138 e. The van der Waals surface area contributed by atoms with Crippen molar-refractivity contribution in [3.05, 3.63) is 59.9 Å². The molecule has 0 aliphatic rings. The van der Waals surface area contributed by atoms with Crippen molar-refractivity contribution in [3.8, 4) is 5.75 Å². The fraction of sp³-hybridized carbons (Fsp3) is 0.312. The van der Waals surface area contributed by atoms with Crippen molar-refractivity contribution >= 4 is 11.6 Å². The predicted octanol–water partition coefficient (Wildman–Crippen LogP) is 2.68. The van der Waals surface area contributed by atoms with Gasteiger partial charge in [-0.05, 0) is 18.1 Å². The van der Waals surface area contributed by atoms with E-state index in [1.165, 1.54) is 6.20 Å². The summed E-state index contributed by atoms with van der Waals surface area (Å²) in [5.74, 6) is 0.837. The Morgan fingerprint density at radius 2 is 1.90 bits per heavy atom. The van der Waals surface area contributed by atoms with Gasteiger partial charge >= 0.3 is 0 Å². The van der Waals surface area contributed by atoms with E-state index >= 15 is 0 Å². The lowest BCUT2D eigenvalue weighted by molar-refractivity contribution is 0.0166. The zero-order chi connectivity index (χ0) is 15.1. The average Bonchev–Trinajstić information content (AvgIpc) is 2.54. The molecule has 0 aliphatic carbocycles. The third-order valence-corrected chi connectivity index (χ3v) is 3.31. The zero-order valence-corrected chi connectivity index (χ0v) is 12.3. The maximum absolute atomic E-state index is 10.0. The van der Waals surface area contributed by atoms with E-state index in [0.717, 1.165) is 5.56 Å². The van der Waals surface area contributed by atoms with Gasteiger partial charge in [-0.2, -0.15) is 0 Å². The molecule has 0 aliphatic heterocycles. The molecule has 21 heavy (non-hydrogen) atoms. The first-order chi connectivity index (χ1) is 10.2. The summed E-state index contributed by atoms with van der Waals surface area (Å²) in [6, 6.07) is 11.4. The number of rotatable bonds is 7. The number of hydrogen-bond acceptors (Lipinski definition) is 4. The summed E-state index contributed by atoms with van der Waals surface area (Å²) in [5, 5.41) is 19.8. The van der Waals surface area contributed by atoms with Crippen molar-refractivity contribution in [1.29, 1.82) is 0 Å². The summed E-state index contributed by atoms with van der Waals surface area (Å²) in [4.78, 5) is 4.03. The lowest BCUT2D eigenvalue weighted by Crippen LogP contribution is -2.18. The summed E-state index contributed by atoms with van der Waals surface area (Å²) >= 11 is 5.57. The van der Waals surface area contributed by atoms with Crippen molar-refractivity contribution in [1.82, 2.24) is 4.98 Å². The van der Waals surface area contributed by atoms with E-state index < -0.39 is 12.2 Å². The van der Waals surface area contributed by atoms with E-state index in [1.54, 1.807) is 12.3 Å². The van der Waals surface area contributed by atoms with Crippen LogP contribution in [0.4, 0.5) is 0 Å². The third-order valence-electron chi connectivity index (χ3n) is 3.09. The van der Waals surface area contributed by atoms with Crippen LogP contribution in [0.3, 0.4) is 0 Å². The van der Waals surface area contributed by atoms with Crippen molar-refractivity contribution < 1.29 is 14.9 Å². The number of aliphatic hydroxyl groups excluding tert-OH is 2. The number of hydrogen-bond donors (Lipinski definition) is 2. The molecule has 5 heteroatoms. The van der Waals surface area contributed by atoms with Crippen LogP contribution in [0.5, 0.6) is 5.75 Å². The van der Waals surface area contributed by atoms with Crippen LogP contribution in [0.25, 0.3) is 0 Å². The Hall–Kier alpha value is -1.62. The first-order valence-electron chi connectivity index (χ1n) is 6.74. The number of pyridine rings is 1. The van der Waals surface area contributed by atoms with Crippen molar-refractivity contribution in [2.45, 2.75) is 25.2 Å². The monoisotopic (exact) mass is 307 g/mol. The van der Waals surface area contributed by atoms with Crippen LogP contribution < -0.4 is 4.74 Å². The van der Waals surface area contributed by atoms with Crippen LogP contribution >= 0.6 is 11.6 Å². The number of alkyl halides is 1. The van der Waals surface area contributed by atoms with Gasteiger partial charge < -0.3 is 14.9 Å². The first-order valence-corrected chi connectivity index (χ1v) is 7.28. The highest BCUT2D eigenvalue weighted by atomic mass is 35.5. The summed E-state index contributed by atoms with van der Waals surface area (Å²) in [5.41, 5.74) is 1.56. The minimum Gasteiger partial charge on any atom is -0.487 e. The standard InChI is InChI=1S/C16H18ClNO3/c17-7-6-15(19)16(20)13-8-14(10-18-9-13)21-11-12-4-2-1-3-5-12/h1-5,8-10,15-16,19-20H,6-7,11H2. The highest BCUT2D eigenvalue weighted by molar-refractivity contribution is 6.17. The van der Waals surface area contributed by atoms with Crippen molar-refractivity contribution in [2.75, 3.05) is 5.88 Å². The van der Waals surface area contributed by atoms with Crippen LogP contribution in [0.2, 0.25) is 0 Å². The van der Waals surface area contributed by atoms with Crippen LogP contribution in [-0.2, 0) is 6.61 Å². The Labute approximate surface area is 129 Å². The number of nitrogens with zero attached hydrogens (tertiary/aromatic N) is 1. The fourth-order valence-corrected chi connectivity index (χ4v) is 2.13. The molecule has 1 aromatic heterocycles. The Morgan fingerprint density at radius 3 is 2.62 bits per heavy atom. The summed E-state index contributed by atoms with van der Waals surface area (Å²) in [6.07, 6.45) is 1.48. The molecular weight excluding hydrogens is 290 g/mol. The molecule has 0 amide bonds.